The van der Waals surface area contributed by atoms with Gasteiger partial charge in [-0.3, -0.25) is 9.10 Å². The van der Waals surface area contributed by atoms with Gasteiger partial charge in [-0.2, -0.15) is 0 Å². The molecule has 0 fully saturated rings. The third kappa shape index (κ3) is 5.13. The highest BCUT2D eigenvalue weighted by atomic mass is 32.2. The van der Waals surface area contributed by atoms with Gasteiger partial charge in [-0.25, -0.2) is 8.42 Å². The number of rotatable bonds is 6. The molecule has 0 unspecified atom stereocenters. The highest BCUT2D eigenvalue weighted by Gasteiger charge is 2.25. The first-order valence-electron chi connectivity index (χ1n) is 9.32. The van der Waals surface area contributed by atoms with Crippen LogP contribution in [0.3, 0.4) is 0 Å². The van der Waals surface area contributed by atoms with Crippen molar-refractivity contribution < 1.29 is 13.2 Å². The van der Waals surface area contributed by atoms with Crippen LogP contribution in [0, 0.1) is 34.6 Å². The van der Waals surface area contributed by atoms with Crippen molar-refractivity contribution in [3.63, 3.8) is 0 Å². The van der Waals surface area contributed by atoms with Crippen LogP contribution < -0.4 is 9.62 Å². The van der Waals surface area contributed by atoms with E-state index in [0.29, 0.717) is 5.69 Å². The molecule has 0 aliphatic carbocycles. The monoisotopic (exact) mass is 402 g/mol. The molecule has 1 N–H and O–H groups in total. The molecule has 2 rings (SSSR count). The molecule has 0 aromatic heterocycles. The van der Waals surface area contributed by atoms with Gasteiger partial charge in [0.15, 0.2) is 0 Å². The van der Waals surface area contributed by atoms with E-state index in [9.17, 15) is 13.2 Å². The van der Waals surface area contributed by atoms with Gasteiger partial charge in [0, 0.05) is 0 Å². The lowest BCUT2D eigenvalue weighted by atomic mass is 10.00. The van der Waals surface area contributed by atoms with Crippen LogP contribution in [0.5, 0.6) is 0 Å². The summed E-state index contributed by atoms with van der Waals surface area (Å²) >= 11 is 0. The van der Waals surface area contributed by atoms with Gasteiger partial charge in [0.25, 0.3) is 0 Å². The zero-order valence-corrected chi connectivity index (χ0v) is 18.6. The van der Waals surface area contributed by atoms with E-state index >= 15 is 0 Å². The number of carbonyl (C=O) groups excluding carboxylic acids is 1. The number of carbonyl (C=O) groups is 1. The number of hydrogen-bond donors (Lipinski definition) is 1. The molecule has 5 nitrogen and oxygen atoms in total. The van der Waals surface area contributed by atoms with Crippen LogP contribution in [0.2, 0.25) is 0 Å². The van der Waals surface area contributed by atoms with Crippen LogP contribution in [-0.4, -0.2) is 27.1 Å². The van der Waals surface area contributed by atoms with Crippen LogP contribution in [0.15, 0.2) is 30.3 Å². The lowest BCUT2D eigenvalue weighted by Crippen LogP contribution is -2.41. The summed E-state index contributed by atoms with van der Waals surface area (Å²) in [6.07, 6.45) is 1.13. The average molecular weight is 403 g/mol. The minimum atomic E-state index is -3.61. The topological polar surface area (TPSA) is 66.5 Å². The molecule has 0 heterocycles. The molecule has 0 aliphatic rings. The smallest absolute Gasteiger partial charge is 0.241 e. The summed E-state index contributed by atoms with van der Waals surface area (Å²) in [7, 11) is -3.61. The van der Waals surface area contributed by atoms with Crippen molar-refractivity contribution in [1.82, 2.24) is 5.32 Å². The molecule has 2 aromatic rings. The maximum atomic E-state index is 12.7. The maximum Gasteiger partial charge on any atom is 0.241 e. The van der Waals surface area contributed by atoms with Crippen LogP contribution in [0.25, 0.3) is 0 Å². The quantitative estimate of drug-likeness (QED) is 0.798. The summed E-state index contributed by atoms with van der Waals surface area (Å²) in [6, 6.07) is 9.74. The number of amides is 1. The van der Waals surface area contributed by atoms with E-state index in [-0.39, 0.29) is 18.5 Å². The summed E-state index contributed by atoms with van der Waals surface area (Å²) < 4.78 is 26.1. The SMILES string of the molecule is Cc1cc(C)c(N(CC(=O)N[C@@H](C)c2cc(C)ccc2C)S(C)(=O)=O)c(C)c1. The predicted molar refractivity (Wildman–Crippen MR) is 115 cm³/mol. The lowest BCUT2D eigenvalue weighted by molar-refractivity contribution is -0.120. The highest BCUT2D eigenvalue weighted by Crippen LogP contribution is 2.28. The Hall–Kier alpha value is -2.34. The summed E-state index contributed by atoms with van der Waals surface area (Å²) in [6.45, 7) is 11.4. The molecule has 0 spiro atoms. The van der Waals surface area contributed by atoms with Crippen molar-refractivity contribution >= 4 is 21.6 Å². The molecule has 0 aliphatic heterocycles. The fourth-order valence-electron chi connectivity index (χ4n) is 3.65. The lowest BCUT2D eigenvalue weighted by Gasteiger charge is -2.27. The summed E-state index contributed by atoms with van der Waals surface area (Å²) in [5.74, 6) is -0.335. The van der Waals surface area contributed by atoms with Crippen molar-refractivity contribution in [2.45, 2.75) is 47.6 Å². The first-order valence-corrected chi connectivity index (χ1v) is 11.2. The molecule has 0 radical (unpaired) electrons. The van der Waals surface area contributed by atoms with Gasteiger partial charge in [0.2, 0.25) is 15.9 Å². The molecule has 28 heavy (non-hydrogen) atoms. The molecular formula is C22H30N2O3S. The van der Waals surface area contributed by atoms with Gasteiger partial charge in [0.1, 0.15) is 6.54 Å². The Morgan fingerprint density at radius 2 is 1.54 bits per heavy atom. The van der Waals surface area contributed by atoms with Crippen molar-refractivity contribution in [1.29, 1.82) is 0 Å². The van der Waals surface area contributed by atoms with Crippen molar-refractivity contribution in [2.75, 3.05) is 17.1 Å². The van der Waals surface area contributed by atoms with Crippen LogP contribution in [-0.2, 0) is 14.8 Å². The molecule has 152 valence electrons. The zero-order valence-electron chi connectivity index (χ0n) is 17.8. The number of hydrogen-bond acceptors (Lipinski definition) is 3. The van der Waals surface area contributed by atoms with Gasteiger partial charge in [-0.05, 0) is 63.8 Å². The van der Waals surface area contributed by atoms with Crippen LogP contribution in [0.1, 0.15) is 46.3 Å². The van der Waals surface area contributed by atoms with Gasteiger partial charge in [-0.1, -0.05) is 41.5 Å². The summed E-state index contributed by atoms with van der Waals surface area (Å²) in [4.78, 5) is 12.7. The summed E-state index contributed by atoms with van der Waals surface area (Å²) in [5.41, 5.74) is 6.52. The Labute approximate surface area is 168 Å². The first-order chi connectivity index (χ1) is 12.9. The first kappa shape index (κ1) is 22.0. The normalized spacial score (nSPS) is 12.5. The summed E-state index contributed by atoms with van der Waals surface area (Å²) in [5, 5.41) is 2.94. The van der Waals surface area contributed by atoms with E-state index in [1.807, 2.05) is 71.9 Å². The fourth-order valence-corrected chi connectivity index (χ4v) is 4.62. The van der Waals surface area contributed by atoms with E-state index in [1.54, 1.807) is 0 Å². The van der Waals surface area contributed by atoms with Crippen molar-refractivity contribution in [3.8, 4) is 0 Å². The van der Waals surface area contributed by atoms with Gasteiger partial charge in [0.05, 0.1) is 18.0 Å². The van der Waals surface area contributed by atoms with E-state index in [0.717, 1.165) is 39.6 Å². The predicted octanol–water partition coefficient (Wildman–Crippen LogP) is 3.87. The highest BCUT2D eigenvalue weighted by molar-refractivity contribution is 7.92. The molecule has 6 heteroatoms. The minimum absolute atomic E-state index is 0.214. The Bertz CT molecular complexity index is 974. The number of aryl methyl sites for hydroxylation is 5. The van der Waals surface area contributed by atoms with Gasteiger partial charge >= 0.3 is 0 Å². The molecule has 1 atom stereocenters. The van der Waals surface area contributed by atoms with Crippen molar-refractivity contribution in [3.05, 3.63) is 63.7 Å². The second-order valence-corrected chi connectivity index (χ2v) is 9.57. The molecular weight excluding hydrogens is 372 g/mol. The standard InChI is InChI=1S/C22H30N2O3S/c1-14-8-9-16(3)20(12-14)19(6)23-21(25)13-24(28(7,26)27)22-17(4)10-15(2)11-18(22)5/h8-12,19H,13H2,1-7H3,(H,23,25)/t19-/m0/s1. The largest absolute Gasteiger partial charge is 0.348 e. The molecule has 2 aromatic carbocycles. The van der Waals surface area contributed by atoms with Crippen LogP contribution in [0.4, 0.5) is 5.69 Å². The van der Waals surface area contributed by atoms with Gasteiger partial charge < -0.3 is 5.32 Å². The van der Waals surface area contributed by atoms with Crippen molar-refractivity contribution in [2.24, 2.45) is 0 Å². The second-order valence-electron chi connectivity index (χ2n) is 7.67. The van der Waals surface area contributed by atoms with E-state index < -0.39 is 10.0 Å². The second kappa shape index (κ2) is 8.35. The Morgan fingerprint density at radius 3 is 2.07 bits per heavy atom. The molecule has 0 bridgehead atoms. The van der Waals surface area contributed by atoms with E-state index in [4.69, 9.17) is 0 Å². The third-order valence-electron chi connectivity index (χ3n) is 4.85. The fraction of sp³-hybridized carbons (Fsp3) is 0.409. The third-order valence-corrected chi connectivity index (χ3v) is 5.96. The van der Waals surface area contributed by atoms with E-state index in [1.165, 1.54) is 4.31 Å². The number of nitrogens with one attached hydrogen (secondary N) is 1. The number of nitrogens with zero attached hydrogens (tertiary/aromatic N) is 1. The maximum absolute atomic E-state index is 12.7. The molecule has 1 amide bonds. The minimum Gasteiger partial charge on any atom is -0.348 e. The Kier molecular flexibility index (Phi) is 6.55. The molecule has 0 saturated carbocycles. The average Bonchev–Trinajstić information content (AvgIpc) is 2.54. The number of sulfonamides is 1. The molecule has 0 saturated heterocycles. The van der Waals surface area contributed by atoms with E-state index in [2.05, 4.69) is 5.32 Å². The Balaban J connectivity index is 2.29. The number of anilines is 1. The van der Waals surface area contributed by atoms with Gasteiger partial charge in [-0.15, -0.1) is 0 Å². The Morgan fingerprint density at radius 1 is 0.964 bits per heavy atom. The zero-order chi connectivity index (χ0) is 21.2. The number of benzene rings is 2. The van der Waals surface area contributed by atoms with Crippen LogP contribution >= 0.6 is 0 Å².